The molecule has 1 saturated carbocycles. The summed E-state index contributed by atoms with van der Waals surface area (Å²) in [6, 6.07) is 0. The minimum absolute atomic E-state index is 0.425. The SMILES string of the molecule is CC.CC.CC.CC.CC(=[C-]C(C)C)N=C1CC(C)=C(C)[C]1=[W].CC(=[C-]C(C)C)N=C1CCC[C]1=[W].CC(=[C-]C(C)C)N=C1[C](=[W])C(C)=C(C)C(C)=C1C.CC(=[C-]C(C)C)N=C1[C](=[W])CC(C)=C1C.CC1=[C-]C(N=C(C)[C](=[W])C(C)C)=C(C)C1.Cc1nc2c(C)c(C)c(C)n2c(C)c1C(C)C.Cc1nn2c(C)c(C)c(C)c2c(C)c1C(C)C.Cc1nn2c(C)c(C)nc2c(C)c1C(C)C.Cc1nn2c(C)nc(C)c2c(C)c1C(C)C. The van der Waals surface area contributed by atoms with Gasteiger partial charge < -0.3 is 4.40 Å². The fourth-order valence-electron chi connectivity index (χ4n) is 19.3. The van der Waals surface area contributed by atoms with Crippen molar-refractivity contribution in [1.29, 1.82) is 0 Å². The van der Waals surface area contributed by atoms with Gasteiger partial charge >= 0.3 is 526 Å². The van der Waals surface area contributed by atoms with E-state index in [1.807, 2.05) is 106 Å². The minimum Gasteiger partial charge on any atom is -0.302 e. The molecule has 0 radical (unpaired) electrons. The average molecular weight is 2890 g/mol. The maximum absolute atomic E-state index is 4.80. The number of aromatic nitrogens is 10. The molecule has 0 atom stereocenters. The molecule has 0 N–H and O–H groups in total. The second-order valence-electron chi connectivity index (χ2n) is 42.3. The van der Waals surface area contributed by atoms with Gasteiger partial charge in [0, 0.05) is 22.8 Å². The van der Waals surface area contributed by atoms with Crippen LogP contribution < -0.4 is 0 Å². The maximum atomic E-state index is 4.80. The third kappa shape index (κ3) is 38.9. The first kappa shape index (κ1) is 141. The van der Waals surface area contributed by atoms with Crippen molar-refractivity contribution >= 4 is 70.4 Å². The Hall–Kier alpha value is -6.84. The van der Waals surface area contributed by atoms with Gasteiger partial charge in [-0.15, -0.1) is 0 Å². The quantitative estimate of drug-likeness (QED) is 0.0734. The van der Waals surface area contributed by atoms with Gasteiger partial charge in [-0.25, -0.2) is 28.5 Å². The Morgan fingerprint density at radius 3 is 1.14 bits per heavy atom. The Bertz CT molecular complexity index is 6530. The molecule has 13 rings (SSSR count). The first-order valence-electron chi connectivity index (χ1n) is 55.2. The first-order chi connectivity index (χ1) is 69.7. The van der Waals surface area contributed by atoms with Gasteiger partial charge in [-0.05, 0) is 209 Å². The van der Waals surface area contributed by atoms with Gasteiger partial charge in [0.25, 0.3) is 0 Å². The van der Waals surface area contributed by atoms with Gasteiger partial charge in [-0.1, -0.05) is 111 Å². The van der Waals surface area contributed by atoms with Crippen LogP contribution in [0.3, 0.4) is 0 Å². The standard InChI is InChI=1S/C16H22N.2C15H22N2.2C13H19N3.3C13H18N.C11H16N.4C2H6.5W/c1-10(2)8-12(4)17-16-9-11(3)13(5)14(6)15(16)7;1-8(2)14-11(5)15-10(4)9(3)13(7)17(15)16-12(14)6;1-8(2)14-11(5)16-15-10(4)9(3)12(6)17(15)13(14)7;1-7(2)12-8(3)13-10(5)14-11(6)16(13)15-9(12)4;1-7(2)12-8(3)13-14-9(4)11(6)16(13)15-10(12)5;1-9(2)6-12(5)14-13-7-10(3)11(4)8-13;1-9(2)6-12(5)14-13-8-10(3)7-11(13)4;1-9(2)8-11(4)14-13-7-6-10(3)12(13)5;1-9(2)8-10(3)12-11-6-4-5-7-11;4*1-2;;;;;/h10H,1-7H3;2*8H,1-7H3;2*7H,1-6H3;2*9H,7H2,1-5H3;9H,6H2,1-5H3;9H,4-6H2,1-3H3;4*1-2H3;;;;;/q-1;;;;;4*-1;;;;;;;;;. The van der Waals surface area contributed by atoms with Gasteiger partial charge in [0.15, 0.2) is 5.65 Å². The largest absolute Gasteiger partial charge is 0.302 e. The van der Waals surface area contributed by atoms with Crippen LogP contribution in [-0.4, -0.2) is 96.2 Å². The Morgan fingerprint density at radius 1 is 0.327 bits per heavy atom. The number of rotatable bonds is 15. The molecule has 828 valence electrons. The summed E-state index contributed by atoms with van der Waals surface area (Å²) in [7, 11) is 0. The Kier molecular flexibility index (Phi) is 62.1. The van der Waals surface area contributed by atoms with Gasteiger partial charge in [-0.2, -0.15) is 15.3 Å². The molecular weight excluding hydrogens is 2690 g/mol. The zero-order valence-electron chi connectivity index (χ0n) is 105. The molecule has 5 aliphatic carbocycles. The van der Waals surface area contributed by atoms with E-state index in [0.29, 0.717) is 53.3 Å². The number of aliphatic imine (C=N–C) groups is 5. The predicted octanol–water partition coefficient (Wildman–Crippen LogP) is 34.9. The van der Waals surface area contributed by atoms with E-state index in [1.165, 1.54) is 286 Å². The van der Waals surface area contributed by atoms with Gasteiger partial charge in [0.05, 0.1) is 45.2 Å². The minimum atomic E-state index is 0.425. The van der Waals surface area contributed by atoms with Crippen LogP contribution in [0, 0.1) is 185 Å². The number of imidazole rings is 2. The van der Waals surface area contributed by atoms with Crippen molar-refractivity contribution in [2.45, 2.75) is 471 Å². The number of allylic oxidation sites excluding steroid dienone is 19. The Morgan fingerprint density at radius 2 is 0.733 bits per heavy atom. The normalized spacial score (nSPS) is 15.7. The summed E-state index contributed by atoms with van der Waals surface area (Å²) in [6.07, 6.45) is 23.6. The molecule has 8 aromatic rings. The Balaban J connectivity index is 0.000000837. The molecule has 8 heterocycles. The third-order valence-corrected chi connectivity index (χ3v) is 36.3. The first-order valence-corrected chi connectivity index (χ1v) is 62.5. The summed E-state index contributed by atoms with van der Waals surface area (Å²) in [4.78, 5) is 37.3. The number of aryl methyl sites for hydroxylation is 16. The van der Waals surface area contributed by atoms with Crippen LogP contribution in [0.15, 0.2) is 109 Å². The van der Waals surface area contributed by atoms with E-state index in [9.17, 15) is 0 Å². The summed E-state index contributed by atoms with van der Waals surface area (Å²) < 4.78 is 15.6. The van der Waals surface area contributed by atoms with Gasteiger partial charge in [0.1, 0.15) is 11.5 Å². The van der Waals surface area contributed by atoms with Crippen LogP contribution in [0.2, 0.25) is 0 Å². The van der Waals surface area contributed by atoms with Gasteiger partial charge in [0.2, 0.25) is 0 Å². The molecule has 0 saturated heterocycles. The third-order valence-electron chi connectivity index (χ3n) is 27.0. The molecule has 0 spiro atoms. The van der Waals surface area contributed by atoms with Gasteiger partial charge in [-0.3, -0.25) is 0 Å². The molecule has 15 nitrogen and oxygen atoms in total. The summed E-state index contributed by atoms with van der Waals surface area (Å²) in [5.74, 6) is 5.45. The van der Waals surface area contributed by atoms with Crippen molar-refractivity contribution < 1.29 is 96.8 Å². The second kappa shape index (κ2) is 66.0. The number of hydrogen-bond donors (Lipinski definition) is 0. The van der Waals surface area contributed by atoms with Crippen molar-refractivity contribution in [3.63, 3.8) is 0 Å². The smallest absolute Gasteiger partial charge is 0.157 e. The van der Waals surface area contributed by atoms with Crippen LogP contribution in [0.25, 0.3) is 22.3 Å². The molecule has 0 aromatic carbocycles. The van der Waals surface area contributed by atoms with E-state index in [1.54, 1.807) is 23.3 Å². The van der Waals surface area contributed by atoms with Crippen LogP contribution in [-0.2, 0) is 96.8 Å². The van der Waals surface area contributed by atoms with Crippen LogP contribution in [0.5, 0.6) is 0 Å². The molecular formula is C130H198N15W5-5. The monoisotopic (exact) mass is 2890 g/mol. The van der Waals surface area contributed by atoms with Crippen molar-refractivity contribution in [2.75, 3.05) is 0 Å². The fraction of sp³-hybridized carbons (Fsp3) is 0.569. The Labute approximate surface area is 970 Å². The molecule has 150 heavy (non-hydrogen) atoms. The molecule has 0 bridgehead atoms. The molecule has 20 heteroatoms. The molecule has 1 fully saturated rings. The van der Waals surface area contributed by atoms with E-state index < -0.39 is 0 Å². The topological polar surface area (TPSA) is 157 Å². The second-order valence-corrected chi connectivity index (χ2v) is 50.4. The average Bonchev–Trinajstić information content (AvgIpc) is 1.59. The van der Waals surface area contributed by atoms with E-state index in [0.717, 1.165) is 105 Å². The van der Waals surface area contributed by atoms with Crippen molar-refractivity contribution in [3.8, 4) is 0 Å². The van der Waals surface area contributed by atoms with Crippen molar-refractivity contribution in [1.82, 2.24) is 48.2 Å². The van der Waals surface area contributed by atoms with E-state index in [-0.39, 0.29) is 0 Å². The fourth-order valence-corrected chi connectivity index (χ4v) is 24.3. The van der Waals surface area contributed by atoms with Crippen molar-refractivity contribution in [2.24, 2.45) is 54.6 Å². The summed E-state index contributed by atoms with van der Waals surface area (Å²) in [5, 5.41) is 14.0. The van der Waals surface area contributed by atoms with E-state index in [4.69, 9.17) is 15.1 Å². The van der Waals surface area contributed by atoms with Crippen LogP contribution in [0.1, 0.15) is 470 Å². The molecule has 0 amide bonds. The maximum Gasteiger partial charge on any atom is 0.157 e. The number of nitrogens with zero attached hydrogens (tertiary/aromatic N) is 15. The summed E-state index contributed by atoms with van der Waals surface area (Å²) >= 11 is 7.67. The number of fused-ring (bicyclic) bond motifs is 4. The molecule has 8 aromatic heterocycles. The summed E-state index contributed by atoms with van der Waals surface area (Å²) in [6.45, 7) is 126. The van der Waals surface area contributed by atoms with E-state index >= 15 is 0 Å². The molecule has 5 aliphatic rings. The van der Waals surface area contributed by atoms with Crippen molar-refractivity contribution in [3.05, 3.63) is 239 Å². The van der Waals surface area contributed by atoms with Crippen LogP contribution in [0.4, 0.5) is 0 Å². The predicted molar refractivity (Wildman–Crippen MR) is 641 cm³/mol. The van der Waals surface area contributed by atoms with Crippen LogP contribution >= 0.6 is 0 Å². The number of hydrogen-bond acceptors (Lipinski definition) is 11. The molecule has 0 aliphatic heterocycles. The summed E-state index contributed by atoms with van der Waals surface area (Å²) in [5.41, 5.74) is 56.4. The zero-order valence-corrected chi connectivity index (χ0v) is 120. The molecule has 0 unspecified atom stereocenters. The zero-order chi connectivity index (χ0) is 117. The van der Waals surface area contributed by atoms with E-state index in [2.05, 4.69) is 391 Å².